The van der Waals surface area contributed by atoms with Crippen LogP contribution in [0, 0.1) is 5.41 Å². The monoisotopic (exact) mass is 187 g/mol. The third-order valence-corrected chi connectivity index (χ3v) is 1.91. The predicted octanol–water partition coefficient (Wildman–Crippen LogP) is -0.362. The topological polar surface area (TPSA) is 67.6 Å². The lowest BCUT2D eigenvalue weighted by molar-refractivity contribution is -0.222. The minimum atomic E-state index is -0.443. The standard InChI is InChI=1S/C8H17N3O2/c1-8(2,3)7(12)13-11-4-6(5-11)10-9/h6,10H,4-5,9H2,1-3H3. The molecule has 76 valence electrons. The molecule has 1 heterocycles. The molecule has 0 spiro atoms. The highest BCUT2D eigenvalue weighted by atomic mass is 16.7. The Hall–Kier alpha value is -0.650. The van der Waals surface area contributed by atoms with Gasteiger partial charge in [0.2, 0.25) is 0 Å². The van der Waals surface area contributed by atoms with E-state index in [-0.39, 0.29) is 12.0 Å². The second kappa shape index (κ2) is 3.61. The molecular weight excluding hydrogens is 170 g/mol. The first kappa shape index (κ1) is 10.4. The van der Waals surface area contributed by atoms with Crippen molar-refractivity contribution < 1.29 is 9.63 Å². The second-order valence-corrected chi connectivity index (χ2v) is 4.34. The van der Waals surface area contributed by atoms with Gasteiger partial charge in [0.25, 0.3) is 0 Å². The molecule has 0 atom stereocenters. The molecule has 5 heteroatoms. The molecule has 5 nitrogen and oxygen atoms in total. The van der Waals surface area contributed by atoms with Gasteiger partial charge < -0.3 is 4.84 Å². The summed E-state index contributed by atoms with van der Waals surface area (Å²) in [4.78, 5) is 16.4. The first-order valence-corrected chi connectivity index (χ1v) is 4.37. The number of rotatable bonds is 2. The van der Waals surface area contributed by atoms with Gasteiger partial charge in [0.1, 0.15) is 0 Å². The fourth-order valence-corrected chi connectivity index (χ4v) is 0.872. The Kier molecular flexibility index (Phi) is 2.90. The number of nitrogens with two attached hydrogens (primary N) is 1. The second-order valence-electron chi connectivity index (χ2n) is 4.34. The van der Waals surface area contributed by atoms with Crippen molar-refractivity contribution in [1.29, 1.82) is 0 Å². The average Bonchev–Trinajstić information content (AvgIpc) is 1.93. The largest absolute Gasteiger partial charge is 0.367 e. The first-order chi connectivity index (χ1) is 5.93. The molecular formula is C8H17N3O2. The lowest BCUT2D eigenvalue weighted by Crippen LogP contribution is -2.60. The Morgan fingerprint density at radius 1 is 1.54 bits per heavy atom. The molecule has 0 radical (unpaired) electrons. The minimum absolute atomic E-state index is 0.206. The molecule has 13 heavy (non-hydrogen) atoms. The van der Waals surface area contributed by atoms with Gasteiger partial charge in [-0.25, -0.2) is 4.79 Å². The van der Waals surface area contributed by atoms with Crippen LogP contribution in [0.1, 0.15) is 20.8 Å². The van der Waals surface area contributed by atoms with E-state index in [4.69, 9.17) is 10.7 Å². The molecule has 0 aromatic heterocycles. The average molecular weight is 187 g/mol. The molecule has 1 fully saturated rings. The van der Waals surface area contributed by atoms with E-state index in [1.165, 1.54) is 0 Å². The molecule has 1 aliphatic rings. The van der Waals surface area contributed by atoms with Crippen LogP contribution in [0.3, 0.4) is 0 Å². The van der Waals surface area contributed by atoms with Crippen molar-refractivity contribution in [2.24, 2.45) is 11.3 Å². The van der Waals surface area contributed by atoms with Crippen molar-refractivity contribution >= 4 is 5.97 Å². The van der Waals surface area contributed by atoms with E-state index in [1.807, 2.05) is 20.8 Å². The Balaban J connectivity index is 2.25. The zero-order valence-electron chi connectivity index (χ0n) is 8.33. The maximum Gasteiger partial charge on any atom is 0.330 e. The molecule has 0 aromatic carbocycles. The van der Waals surface area contributed by atoms with Gasteiger partial charge in [0, 0.05) is 0 Å². The van der Waals surface area contributed by atoms with Crippen LogP contribution < -0.4 is 11.3 Å². The fourth-order valence-electron chi connectivity index (χ4n) is 0.872. The molecule has 0 bridgehead atoms. The number of nitrogens with one attached hydrogen (secondary N) is 1. The summed E-state index contributed by atoms with van der Waals surface area (Å²) in [5.41, 5.74) is 2.17. The van der Waals surface area contributed by atoms with Gasteiger partial charge in [-0.1, -0.05) is 0 Å². The Morgan fingerprint density at radius 3 is 2.46 bits per heavy atom. The van der Waals surface area contributed by atoms with Gasteiger partial charge in [-0.2, -0.15) is 0 Å². The van der Waals surface area contributed by atoms with Crippen molar-refractivity contribution in [2.45, 2.75) is 26.8 Å². The number of carbonyl (C=O) groups excluding carboxylic acids is 1. The summed E-state index contributed by atoms with van der Waals surface area (Å²) in [5.74, 6) is 4.99. The molecule has 0 aliphatic carbocycles. The Labute approximate surface area is 78.1 Å². The van der Waals surface area contributed by atoms with Crippen molar-refractivity contribution in [3.63, 3.8) is 0 Å². The van der Waals surface area contributed by atoms with Crippen molar-refractivity contribution in [3.8, 4) is 0 Å². The van der Waals surface area contributed by atoms with Crippen LogP contribution in [0.25, 0.3) is 0 Å². The van der Waals surface area contributed by atoms with Crippen LogP contribution in [0.4, 0.5) is 0 Å². The number of carbonyl (C=O) groups is 1. The van der Waals surface area contributed by atoms with Crippen LogP contribution in [0.15, 0.2) is 0 Å². The molecule has 1 aliphatic heterocycles. The van der Waals surface area contributed by atoms with E-state index in [9.17, 15) is 4.79 Å². The fraction of sp³-hybridized carbons (Fsp3) is 0.875. The normalized spacial score (nSPS) is 19.7. The third-order valence-electron chi connectivity index (χ3n) is 1.91. The highest BCUT2D eigenvalue weighted by molar-refractivity contribution is 5.75. The van der Waals surface area contributed by atoms with Crippen LogP contribution in [-0.2, 0) is 9.63 Å². The predicted molar refractivity (Wildman–Crippen MR) is 48.2 cm³/mol. The molecule has 0 unspecified atom stereocenters. The summed E-state index contributed by atoms with van der Waals surface area (Å²) in [7, 11) is 0. The maximum absolute atomic E-state index is 11.3. The molecule has 3 N–H and O–H groups in total. The molecule has 1 saturated heterocycles. The van der Waals surface area contributed by atoms with Crippen molar-refractivity contribution in [2.75, 3.05) is 13.1 Å². The minimum Gasteiger partial charge on any atom is -0.367 e. The number of hydrogen-bond acceptors (Lipinski definition) is 5. The van der Waals surface area contributed by atoms with Gasteiger partial charge in [0.05, 0.1) is 24.5 Å². The van der Waals surface area contributed by atoms with E-state index < -0.39 is 5.41 Å². The summed E-state index contributed by atoms with van der Waals surface area (Å²) >= 11 is 0. The number of nitrogens with zero attached hydrogens (tertiary/aromatic N) is 1. The SMILES string of the molecule is CC(C)(C)C(=O)ON1CC(NN)C1. The highest BCUT2D eigenvalue weighted by Gasteiger charge is 2.32. The summed E-state index contributed by atoms with van der Waals surface area (Å²) in [6.07, 6.45) is 0. The van der Waals surface area contributed by atoms with Gasteiger partial charge in [-0.3, -0.25) is 11.3 Å². The molecule has 0 saturated carbocycles. The van der Waals surface area contributed by atoms with Crippen molar-refractivity contribution in [3.05, 3.63) is 0 Å². The number of hydroxylamine groups is 2. The zero-order valence-corrected chi connectivity index (χ0v) is 8.33. The van der Waals surface area contributed by atoms with E-state index >= 15 is 0 Å². The maximum atomic E-state index is 11.3. The lowest BCUT2D eigenvalue weighted by Gasteiger charge is -2.37. The number of hydrogen-bond donors (Lipinski definition) is 2. The Bertz CT molecular complexity index is 194. The van der Waals surface area contributed by atoms with Crippen LogP contribution in [0.5, 0.6) is 0 Å². The zero-order chi connectivity index (χ0) is 10.1. The quantitative estimate of drug-likeness (QED) is 0.456. The first-order valence-electron chi connectivity index (χ1n) is 4.37. The summed E-state index contributed by atoms with van der Waals surface area (Å²) in [5, 5.41) is 1.61. The molecule has 0 aromatic rings. The molecule has 0 amide bonds. The van der Waals surface area contributed by atoms with E-state index in [0.29, 0.717) is 13.1 Å². The third kappa shape index (κ3) is 2.65. The van der Waals surface area contributed by atoms with Crippen LogP contribution >= 0.6 is 0 Å². The van der Waals surface area contributed by atoms with Crippen molar-refractivity contribution in [1.82, 2.24) is 10.5 Å². The van der Waals surface area contributed by atoms with E-state index in [2.05, 4.69) is 5.43 Å². The highest BCUT2D eigenvalue weighted by Crippen LogP contribution is 2.18. The van der Waals surface area contributed by atoms with Crippen LogP contribution in [-0.4, -0.2) is 30.2 Å². The van der Waals surface area contributed by atoms with Gasteiger partial charge in [-0.15, -0.1) is 5.06 Å². The smallest absolute Gasteiger partial charge is 0.330 e. The van der Waals surface area contributed by atoms with Crippen LogP contribution in [0.2, 0.25) is 0 Å². The Morgan fingerprint density at radius 2 is 2.08 bits per heavy atom. The van der Waals surface area contributed by atoms with E-state index in [1.54, 1.807) is 5.06 Å². The summed E-state index contributed by atoms with van der Waals surface area (Å²) in [6.45, 7) is 6.81. The van der Waals surface area contributed by atoms with E-state index in [0.717, 1.165) is 0 Å². The number of hydrazine groups is 1. The summed E-state index contributed by atoms with van der Waals surface area (Å²) < 4.78 is 0. The van der Waals surface area contributed by atoms with Gasteiger partial charge in [-0.05, 0) is 20.8 Å². The molecule has 1 rings (SSSR count). The van der Waals surface area contributed by atoms with Gasteiger partial charge >= 0.3 is 5.97 Å². The van der Waals surface area contributed by atoms with Gasteiger partial charge in [0.15, 0.2) is 0 Å². The summed E-state index contributed by atoms with van der Waals surface area (Å²) in [6, 6.07) is 0.243. The lowest BCUT2D eigenvalue weighted by atomic mass is 9.98.